The quantitative estimate of drug-likeness (QED) is 0.745. The minimum atomic E-state index is 0.120. The van der Waals surface area contributed by atoms with E-state index in [2.05, 4.69) is 34.7 Å². The minimum absolute atomic E-state index is 0.120. The van der Waals surface area contributed by atoms with Crippen molar-refractivity contribution in [3.63, 3.8) is 0 Å². The predicted octanol–water partition coefficient (Wildman–Crippen LogP) is 2.73. The second-order valence-corrected chi connectivity index (χ2v) is 5.33. The molecule has 102 valence electrons. The van der Waals surface area contributed by atoms with E-state index in [4.69, 9.17) is 4.42 Å². The van der Waals surface area contributed by atoms with Crippen molar-refractivity contribution in [2.24, 2.45) is 5.41 Å². The first-order valence-corrected chi connectivity index (χ1v) is 7.00. The van der Waals surface area contributed by atoms with E-state index in [0.29, 0.717) is 17.3 Å². The molecule has 1 heterocycles. The highest BCUT2D eigenvalue weighted by Gasteiger charge is 2.40. The normalized spacial score (nSPS) is 18.6. The molecule has 0 saturated heterocycles. The molecule has 0 bridgehead atoms. The van der Waals surface area contributed by atoms with Gasteiger partial charge in [-0.3, -0.25) is 0 Å². The van der Waals surface area contributed by atoms with Crippen LogP contribution in [0.1, 0.15) is 58.4 Å². The highest BCUT2D eigenvalue weighted by atomic mass is 16.4. The van der Waals surface area contributed by atoms with E-state index in [0.717, 1.165) is 19.5 Å². The molecule has 5 nitrogen and oxygen atoms in total. The zero-order valence-electron chi connectivity index (χ0n) is 11.6. The van der Waals surface area contributed by atoms with Gasteiger partial charge in [0.1, 0.15) is 0 Å². The van der Waals surface area contributed by atoms with Crippen LogP contribution in [0.3, 0.4) is 0 Å². The Morgan fingerprint density at radius 1 is 1.33 bits per heavy atom. The largest absolute Gasteiger partial charge is 0.406 e. The van der Waals surface area contributed by atoms with Gasteiger partial charge in [0.2, 0.25) is 5.89 Å². The van der Waals surface area contributed by atoms with E-state index in [1.807, 2.05) is 6.92 Å². The van der Waals surface area contributed by atoms with Crippen molar-refractivity contribution < 1.29 is 4.42 Å². The van der Waals surface area contributed by atoms with Crippen LogP contribution < -0.4 is 10.6 Å². The average Bonchev–Trinajstić information content (AvgIpc) is 3.03. The van der Waals surface area contributed by atoms with Gasteiger partial charge < -0.3 is 15.1 Å². The van der Waals surface area contributed by atoms with Crippen LogP contribution in [0.4, 0.5) is 6.01 Å². The van der Waals surface area contributed by atoms with Crippen molar-refractivity contribution in [3.8, 4) is 0 Å². The average molecular weight is 252 g/mol. The van der Waals surface area contributed by atoms with Crippen molar-refractivity contribution in [3.05, 3.63) is 5.89 Å². The van der Waals surface area contributed by atoms with Crippen LogP contribution in [-0.2, 0) is 0 Å². The van der Waals surface area contributed by atoms with E-state index in [1.165, 1.54) is 19.3 Å². The van der Waals surface area contributed by atoms with Crippen molar-refractivity contribution in [1.29, 1.82) is 0 Å². The molecular formula is C13H24N4O. The van der Waals surface area contributed by atoms with Crippen LogP contribution in [0, 0.1) is 5.41 Å². The van der Waals surface area contributed by atoms with Crippen molar-refractivity contribution >= 4 is 6.01 Å². The van der Waals surface area contributed by atoms with Crippen LogP contribution in [0.15, 0.2) is 4.42 Å². The maximum absolute atomic E-state index is 5.61. The number of hydrogen-bond acceptors (Lipinski definition) is 5. The SMILES string of the molecule is CCCNC(C)c1nnc(NCC2(CC)CC2)o1. The first-order valence-electron chi connectivity index (χ1n) is 7.00. The number of nitrogens with zero attached hydrogens (tertiary/aromatic N) is 2. The smallest absolute Gasteiger partial charge is 0.315 e. The van der Waals surface area contributed by atoms with Gasteiger partial charge in [-0.05, 0) is 44.6 Å². The summed E-state index contributed by atoms with van der Waals surface area (Å²) in [7, 11) is 0. The van der Waals surface area contributed by atoms with Gasteiger partial charge in [-0.15, -0.1) is 5.10 Å². The van der Waals surface area contributed by atoms with Crippen molar-refractivity contribution in [1.82, 2.24) is 15.5 Å². The maximum Gasteiger partial charge on any atom is 0.315 e. The summed E-state index contributed by atoms with van der Waals surface area (Å²) >= 11 is 0. The van der Waals surface area contributed by atoms with Crippen LogP contribution in [0.5, 0.6) is 0 Å². The van der Waals surface area contributed by atoms with Gasteiger partial charge in [0.25, 0.3) is 0 Å². The Balaban J connectivity index is 1.82. The lowest BCUT2D eigenvalue weighted by molar-refractivity contribution is 0.419. The number of anilines is 1. The maximum atomic E-state index is 5.61. The Bertz CT molecular complexity index is 373. The van der Waals surface area contributed by atoms with E-state index in [-0.39, 0.29) is 6.04 Å². The van der Waals surface area contributed by atoms with E-state index in [9.17, 15) is 0 Å². The van der Waals surface area contributed by atoms with Gasteiger partial charge >= 0.3 is 6.01 Å². The van der Waals surface area contributed by atoms with E-state index in [1.54, 1.807) is 0 Å². The van der Waals surface area contributed by atoms with Crippen molar-refractivity contribution in [2.45, 2.75) is 52.5 Å². The molecule has 1 aromatic heterocycles. The minimum Gasteiger partial charge on any atom is -0.406 e. The molecule has 1 aliphatic rings. The van der Waals surface area contributed by atoms with Gasteiger partial charge in [-0.2, -0.15) is 0 Å². The third kappa shape index (κ3) is 3.22. The Morgan fingerprint density at radius 3 is 2.72 bits per heavy atom. The fourth-order valence-corrected chi connectivity index (χ4v) is 2.02. The third-order valence-electron chi connectivity index (χ3n) is 3.83. The topological polar surface area (TPSA) is 63.0 Å². The Labute approximate surface area is 109 Å². The summed E-state index contributed by atoms with van der Waals surface area (Å²) in [5.41, 5.74) is 0.487. The fourth-order valence-electron chi connectivity index (χ4n) is 2.02. The zero-order valence-corrected chi connectivity index (χ0v) is 11.6. The number of aromatic nitrogens is 2. The summed E-state index contributed by atoms with van der Waals surface area (Å²) in [5.74, 6) is 0.660. The molecule has 18 heavy (non-hydrogen) atoms. The molecule has 0 amide bonds. The lowest BCUT2D eigenvalue weighted by Crippen LogP contribution is -2.19. The molecule has 2 N–H and O–H groups in total. The molecular weight excluding hydrogens is 228 g/mol. The molecule has 1 fully saturated rings. The Morgan fingerprint density at radius 2 is 2.11 bits per heavy atom. The lowest BCUT2D eigenvalue weighted by atomic mass is 10.0. The first-order chi connectivity index (χ1) is 8.69. The number of nitrogens with one attached hydrogen (secondary N) is 2. The highest BCUT2D eigenvalue weighted by Crippen LogP contribution is 2.48. The van der Waals surface area contributed by atoms with Crippen LogP contribution >= 0.6 is 0 Å². The molecule has 0 aliphatic heterocycles. The molecule has 5 heteroatoms. The standard InChI is InChI=1S/C13H24N4O/c1-4-8-14-10(3)11-16-17-12(18-11)15-9-13(5-2)6-7-13/h10,14H,4-9H2,1-3H3,(H,15,17). The molecule has 2 rings (SSSR count). The van der Waals surface area contributed by atoms with Crippen LogP contribution in [0.2, 0.25) is 0 Å². The second kappa shape index (κ2) is 5.69. The lowest BCUT2D eigenvalue weighted by Gasteiger charge is -2.11. The van der Waals surface area contributed by atoms with Crippen LogP contribution in [0.25, 0.3) is 0 Å². The molecule has 1 atom stereocenters. The summed E-state index contributed by atoms with van der Waals surface area (Å²) in [6, 6.07) is 0.670. The van der Waals surface area contributed by atoms with Gasteiger partial charge in [0.15, 0.2) is 0 Å². The van der Waals surface area contributed by atoms with Gasteiger partial charge in [0.05, 0.1) is 6.04 Å². The number of rotatable bonds is 8. The van der Waals surface area contributed by atoms with Crippen molar-refractivity contribution in [2.75, 3.05) is 18.4 Å². The third-order valence-corrected chi connectivity index (χ3v) is 3.83. The molecule has 1 aliphatic carbocycles. The molecule has 1 unspecified atom stereocenters. The highest BCUT2D eigenvalue weighted by molar-refractivity contribution is 5.19. The molecule has 0 radical (unpaired) electrons. The van der Waals surface area contributed by atoms with E-state index >= 15 is 0 Å². The van der Waals surface area contributed by atoms with Gasteiger partial charge in [-0.1, -0.05) is 18.9 Å². The summed E-state index contributed by atoms with van der Waals surface area (Å²) in [5, 5.41) is 14.7. The zero-order chi connectivity index (χ0) is 13.0. The monoisotopic (exact) mass is 252 g/mol. The number of hydrogen-bond donors (Lipinski definition) is 2. The molecule has 0 aromatic carbocycles. The Hall–Kier alpha value is -1.10. The molecule has 1 saturated carbocycles. The fraction of sp³-hybridized carbons (Fsp3) is 0.846. The predicted molar refractivity (Wildman–Crippen MR) is 71.5 cm³/mol. The Kier molecular flexibility index (Phi) is 4.22. The summed E-state index contributed by atoms with van der Waals surface area (Å²) in [6.07, 6.45) is 4.94. The van der Waals surface area contributed by atoms with Crippen LogP contribution in [-0.4, -0.2) is 23.3 Å². The van der Waals surface area contributed by atoms with E-state index < -0.39 is 0 Å². The summed E-state index contributed by atoms with van der Waals surface area (Å²) in [4.78, 5) is 0. The molecule has 1 aromatic rings. The summed E-state index contributed by atoms with van der Waals surface area (Å²) < 4.78 is 5.61. The first kappa shape index (κ1) is 13.3. The van der Waals surface area contributed by atoms with Gasteiger partial charge in [-0.25, -0.2) is 0 Å². The second-order valence-electron chi connectivity index (χ2n) is 5.33. The van der Waals surface area contributed by atoms with Gasteiger partial charge in [0, 0.05) is 6.54 Å². The molecule has 0 spiro atoms. The summed E-state index contributed by atoms with van der Waals surface area (Å²) in [6.45, 7) is 8.33.